The quantitative estimate of drug-likeness (QED) is 0.681. The molecule has 0 bridgehead atoms. The maximum absolute atomic E-state index is 12.5. The van der Waals surface area contributed by atoms with Crippen LogP contribution in [0.4, 0.5) is 5.69 Å². The van der Waals surface area contributed by atoms with E-state index < -0.39 is 0 Å². The molecule has 142 valence electrons. The van der Waals surface area contributed by atoms with E-state index in [2.05, 4.69) is 10.3 Å². The predicted octanol–water partition coefficient (Wildman–Crippen LogP) is 4.00. The molecule has 1 N–H and O–H groups in total. The van der Waals surface area contributed by atoms with Gasteiger partial charge in [-0.3, -0.25) is 14.6 Å². The molecule has 0 radical (unpaired) electrons. The van der Waals surface area contributed by atoms with Crippen LogP contribution in [0.5, 0.6) is 11.5 Å². The first-order valence-corrected chi connectivity index (χ1v) is 9.26. The van der Waals surface area contributed by atoms with Crippen LogP contribution in [0.25, 0.3) is 10.9 Å². The Balaban J connectivity index is 1.36. The highest BCUT2D eigenvalue weighted by atomic mass is 16.5. The minimum atomic E-state index is -0.222. The molecule has 0 unspecified atom stereocenters. The number of hydrogen-bond donors (Lipinski definition) is 1. The Morgan fingerprint density at radius 2 is 1.79 bits per heavy atom. The number of amides is 1. The number of fused-ring (bicyclic) bond motifs is 2. The van der Waals surface area contributed by atoms with Crippen molar-refractivity contribution in [3.8, 4) is 11.5 Å². The molecule has 1 aliphatic rings. The van der Waals surface area contributed by atoms with Gasteiger partial charge in [-0.15, -0.1) is 0 Å². The van der Waals surface area contributed by atoms with E-state index in [0.29, 0.717) is 36.0 Å². The smallest absolute Gasteiger partial charge is 0.224 e. The van der Waals surface area contributed by atoms with Crippen molar-refractivity contribution in [2.75, 3.05) is 18.5 Å². The summed E-state index contributed by atoms with van der Waals surface area (Å²) in [6, 6.07) is 14.7. The van der Waals surface area contributed by atoms with Crippen LogP contribution in [0.2, 0.25) is 0 Å². The number of rotatable bonds is 5. The normalized spacial score (nSPS) is 13.0. The molecule has 1 aromatic heterocycles. The van der Waals surface area contributed by atoms with E-state index in [4.69, 9.17) is 9.47 Å². The average molecular weight is 376 g/mol. The summed E-state index contributed by atoms with van der Waals surface area (Å²) in [5, 5.41) is 3.75. The van der Waals surface area contributed by atoms with Gasteiger partial charge < -0.3 is 14.8 Å². The van der Waals surface area contributed by atoms with Gasteiger partial charge in [-0.05, 0) is 30.3 Å². The van der Waals surface area contributed by atoms with E-state index >= 15 is 0 Å². The summed E-state index contributed by atoms with van der Waals surface area (Å²) in [4.78, 5) is 29.0. The molecule has 2 aromatic carbocycles. The number of para-hydroxylation sites is 1. The number of ether oxygens (including phenoxy) is 2. The van der Waals surface area contributed by atoms with E-state index in [-0.39, 0.29) is 24.5 Å². The highest BCUT2D eigenvalue weighted by molar-refractivity contribution is 6.00. The highest BCUT2D eigenvalue weighted by Crippen LogP contribution is 2.30. The van der Waals surface area contributed by atoms with Gasteiger partial charge in [0.2, 0.25) is 5.91 Å². The van der Waals surface area contributed by atoms with Crippen LogP contribution in [0.15, 0.2) is 54.7 Å². The van der Waals surface area contributed by atoms with Crippen molar-refractivity contribution in [2.24, 2.45) is 0 Å². The fourth-order valence-electron chi connectivity index (χ4n) is 3.07. The molecule has 2 heterocycles. The second kappa shape index (κ2) is 8.08. The van der Waals surface area contributed by atoms with E-state index in [0.717, 1.165) is 17.3 Å². The Bertz CT molecular complexity index is 1030. The molecule has 0 fully saturated rings. The van der Waals surface area contributed by atoms with Crippen molar-refractivity contribution in [1.29, 1.82) is 0 Å². The molecule has 1 aliphatic heterocycles. The molecule has 3 aromatic rings. The summed E-state index contributed by atoms with van der Waals surface area (Å²) in [6.45, 7) is 1.16. The fourth-order valence-corrected chi connectivity index (χ4v) is 3.07. The molecule has 6 nitrogen and oxygen atoms in total. The number of ketones is 1. The van der Waals surface area contributed by atoms with Gasteiger partial charge in [-0.25, -0.2) is 0 Å². The van der Waals surface area contributed by atoms with Crippen molar-refractivity contribution in [1.82, 2.24) is 4.98 Å². The summed E-state index contributed by atoms with van der Waals surface area (Å²) in [7, 11) is 0. The van der Waals surface area contributed by atoms with Gasteiger partial charge in [0, 0.05) is 30.2 Å². The van der Waals surface area contributed by atoms with Crippen LogP contribution in [-0.2, 0) is 4.79 Å². The zero-order chi connectivity index (χ0) is 19.3. The molecule has 6 heteroatoms. The Labute approximate surface area is 162 Å². The molecule has 0 spiro atoms. The summed E-state index contributed by atoms with van der Waals surface area (Å²) in [5.74, 6) is 0.896. The summed E-state index contributed by atoms with van der Waals surface area (Å²) < 4.78 is 11.2. The SMILES string of the molecule is O=C(CCC(=O)c1ccc2c(c1)OCCCO2)Nc1cnc2ccccc2c1. The molecule has 0 saturated carbocycles. The molecule has 4 rings (SSSR count). The third kappa shape index (κ3) is 4.11. The van der Waals surface area contributed by atoms with Gasteiger partial charge >= 0.3 is 0 Å². The van der Waals surface area contributed by atoms with E-state index in [9.17, 15) is 9.59 Å². The van der Waals surface area contributed by atoms with Gasteiger partial charge in [-0.2, -0.15) is 0 Å². The lowest BCUT2D eigenvalue weighted by molar-refractivity contribution is -0.116. The van der Waals surface area contributed by atoms with Crippen molar-refractivity contribution in [3.05, 3.63) is 60.3 Å². The Morgan fingerprint density at radius 1 is 0.964 bits per heavy atom. The van der Waals surface area contributed by atoms with E-state index in [1.807, 2.05) is 30.3 Å². The third-order valence-electron chi connectivity index (χ3n) is 4.52. The third-order valence-corrected chi connectivity index (χ3v) is 4.52. The van der Waals surface area contributed by atoms with Crippen LogP contribution in [0, 0.1) is 0 Å². The van der Waals surface area contributed by atoms with Crippen molar-refractivity contribution in [2.45, 2.75) is 19.3 Å². The maximum Gasteiger partial charge on any atom is 0.224 e. The Hall–Kier alpha value is -3.41. The number of carbonyl (C=O) groups excluding carboxylic acids is 2. The lowest BCUT2D eigenvalue weighted by atomic mass is 10.1. The molecule has 0 atom stereocenters. The number of aromatic nitrogens is 1. The number of anilines is 1. The lowest BCUT2D eigenvalue weighted by Crippen LogP contribution is -2.13. The second-order valence-electron chi connectivity index (χ2n) is 6.60. The summed E-state index contributed by atoms with van der Waals surface area (Å²) in [6.07, 6.45) is 2.64. The zero-order valence-electron chi connectivity index (χ0n) is 15.3. The minimum Gasteiger partial charge on any atom is -0.490 e. The number of pyridine rings is 1. The molecule has 0 saturated heterocycles. The van der Waals surface area contributed by atoms with Crippen molar-refractivity contribution >= 4 is 28.3 Å². The van der Waals surface area contributed by atoms with Crippen molar-refractivity contribution in [3.63, 3.8) is 0 Å². The number of nitrogens with zero attached hydrogens (tertiary/aromatic N) is 1. The Kier molecular flexibility index (Phi) is 5.19. The van der Waals surface area contributed by atoms with Gasteiger partial charge in [0.1, 0.15) is 0 Å². The van der Waals surface area contributed by atoms with Gasteiger partial charge in [-0.1, -0.05) is 18.2 Å². The number of Topliss-reactive ketones (excluding diaryl/α,β-unsaturated/α-hetero) is 1. The zero-order valence-corrected chi connectivity index (χ0v) is 15.3. The highest BCUT2D eigenvalue weighted by Gasteiger charge is 2.15. The monoisotopic (exact) mass is 376 g/mol. The van der Waals surface area contributed by atoms with Gasteiger partial charge in [0.25, 0.3) is 0 Å². The van der Waals surface area contributed by atoms with Crippen LogP contribution in [0.1, 0.15) is 29.6 Å². The minimum absolute atomic E-state index is 0.0973. The average Bonchev–Trinajstić information content (AvgIpc) is 2.96. The standard InChI is InChI=1S/C22H20N2O4/c25-19(16-6-8-20-21(13-16)28-11-3-10-27-20)7-9-22(26)24-17-12-15-4-1-2-5-18(15)23-14-17/h1-2,4-6,8,12-14H,3,7,9-11H2,(H,24,26). The summed E-state index contributed by atoms with van der Waals surface area (Å²) >= 11 is 0. The van der Waals surface area contributed by atoms with E-state index in [1.165, 1.54) is 0 Å². The molecule has 28 heavy (non-hydrogen) atoms. The van der Waals surface area contributed by atoms with Crippen LogP contribution in [-0.4, -0.2) is 29.9 Å². The largest absolute Gasteiger partial charge is 0.490 e. The lowest BCUT2D eigenvalue weighted by Gasteiger charge is -2.09. The van der Waals surface area contributed by atoms with Crippen LogP contribution >= 0.6 is 0 Å². The van der Waals surface area contributed by atoms with E-state index in [1.54, 1.807) is 24.4 Å². The fraction of sp³-hybridized carbons (Fsp3) is 0.227. The predicted molar refractivity (Wildman–Crippen MR) is 106 cm³/mol. The molecular formula is C22H20N2O4. The Morgan fingerprint density at radius 3 is 2.68 bits per heavy atom. The first-order valence-electron chi connectivity index (χ1n) is 9.26. The van der Waals surface area contributed by atoms with Crippen LogP contribution < -0.4 is 14.8 Å². The molecule has 1 amide bonds. The topological polar surface area (TPSA) is 77.5 Å². The number of benzene rings is 2. The number of nitrogens with one attached hydrogen (secondary N) is 1. The first-order chi connectivity index (χ1) is 13.7. The number of carbonyl (C=O) groups is 2. The van der Waals surface area contributed by atoms with Gasteiger partial charge in [0.15, 0.2) is 17.3 Å². The molecule has 0 aliphatic carbocycles. The van der Waals surface area contributed by atoms with Gasteiger partial charge in [0.05, 0.1) is 30.6 Å². The second-order valence-corrected chi connectivity index (χ2v) is 6.60. The summed E-state index contributed by atoms with van der Waals surface area (Å²) in [5.41, 5.74) is 2.00. The maximum atomic E-state index is 12.5. The van der Waals surface area contributed by atoms with Crippen LogP contribution in [0.3, 0.4) is 0 Å². The van der Waals surface area contributed by atoms with Crippen molar-refractivity contribution < 1.29 is 19.1 Å². The number of hydrogen-bond acceptors (Lipinski definition) is 5. The molecular weight excluding hydrogens is 356 g/mol. The first kappa shape index (κ1) is 18.0.